The lowest BCUT2D eigenvalue weighted by Gasteiger charge is -2.12. The minimum absolute atomic E-state index is 0.545. The first-order valence-corrected chi connectivity index (χ1v) is 7.45. The van der Waals surface area contributed by atoms with Gasteiger partial charge >= 0.3 is 0 Å². The van der Waals surface area contributed by atoms with Crippen LogP contribution in [0.4, 0.5) is 0 Å². The highest BCUT2D eigenvalue weighted by atomic mass is 32.1. The first kappa shape index (κ1) is 13.3. The van der Waals surface area contributed by atoms with Gasteiger partial charge in [-0.2, -0.15) is 0 Å². The summed E-state index contributed by atoms with van der Waals surface area (Å²) in [6.07, 6.45) is 1.09. The minimum Gasteiger partial charge on any atom is -0.314 e. The first-order valence-electron chi connectivity index (χ1n) is 6.57. The van der Waals surface area contributed by atoms with Gasteiger partial charge < -0.3 is 5.32 Å². The zero-order chi connectivity index (χ0) is 13.0. The van der Waals surface area contributed by atoms with Crippen LogP contribution in [-0.4, -0.2) is 12.6 Å². The van der Waals surface area contributed by atoms with Crippen LogP contribution in [-0.2, 0) is 6.42 Å². The summed E-state index contributed by atoms with van der Waals surface area (Å²) >= 11 is 1.81. The Labute approximate surface area is 114 Å². The van der Waals surface area contributed by atoms with Crippen molar-refractivity contribution >= 4 is 11.3 Å². The maximum atomic E-state index is 3.45. The van der Waals surface area contributed by atoms with Gasteiger partial charge in [-0.15, -0.1) is 11.3 Å². The number of nitrogens with one attached hydrogen (secondary N) is 1. The molecule has 1 aromatic heterocycles. The van der Waals surface area contributed by atoms with E-state index in [-0.39, 0.29) is 0 Å². The molecule has 0 spiro atoms. The summed E-state index contributed by atoms with van der Waals surface area (Å²) in [5.74, 6) is 0. The Morgan fingerprint density at radius 2 is 1.89 bits per heavy atom. The predicted molar refractivity (Wildman–Crippen MR) is 81.3 cm³/mol. The van der Waals surface area contributed by atoms with Crippen molar-refractivity contribution in [3.05, 3.63) is 46.2 Å². The number of benzene rings is 1. The Hall–Kier alpha value is -1.12. The number of hydrogen-bond acceptors (Lipinski definition) is 2. The molecular weight excluding hydrogens is 238 g/mol. The Bertz CT molecular complexity index is 484. The second-order valence-electron chi connectivity index (χ2n) is 4.75. The highest BCUT2D eigenvalue weighted by molar-refractivity contribution is 7.10. The van der Waals surface area contributed by atoms with Crippen LogP contribution in [0, 0.1) is 6.92 Å². The van der Waals surface area contributed by atoms with Crippen molar-refractivity contribution in [2.45, 2.75) is 33.2 Å². The molecule has 18 heavy (non-hydrogen) atoms. The van der Waals surface area contributed by atoms with E-state index in [2.05, 4.69) is 61.8 Å². The van der Waals surface area contributed by atoms with Gasteiger partial charge in [-0.1, -0.05) is 31.2 Å². The van der Waals surface area contributed by atoms with Crippen LogP contribution in [0.25, 0.3) is 11.1 Å². The summed E-state index contributed by atoms with van der Waals surface area (Å²) in [5.41, 5.74) is 4.10. The SMILES string of the molecule is CCNC(C)Cc1ccc(-c2ccsc2C)cc1. The fourth-order valence-electron chi connectivity index (χ4n) is 2.28. The van der Waals surface area contributed by atoms with Crippen molar-refractivity contribution in [3.63, 3.8) is 0 Å². The van der Waals surface area contributed by atoms with Gasteiger partial charge in [0.05, 0.1) is 0 Å². The molecule has 1 aromatic carbocycles. The van der Waals surface area contributed by atoms with Gasteiger partial charge in [0.2, 0.25) is 0 Å². The van der Waals surface area contributed by atoms with Crippen molar-refractivity contribution in [3.8, 4) is 11.1 Å². The molecule has 2 rings (SSSR count). The molecule has 0 aliphatic rings. The van der Waals surface area contributed by atoms with Gasteiger partial charge in [-0.3, -0.25) is 0 Å². The standard InChI is InChI=1S/C16H21NS/c1-4-17-12(2)11-14-5-7-15(8-6-14)16-9-10-18-13(16)3/h5-10,12,17H,4,11H2,1-3H3. The lowest BCUT2D eigenvalue weighted by molar-refractivity contribution is 0.565. The van der Waals surface area contributed by atoms with E-state index in [9.17, 15) is 0 Å². The monoisotopic (exact) mass is 259 g/mol. The second-order valence-corrected chi connectivity index (χ2v) is 5.87. The lowest BCUT2D eigenvalue weighted by Crippen LogP contribution is -2.27. The summed E-state index contributed by atoms with van der Waals surface area (Å²) in [6, 6.07) is 11.7. The molecule has 0 saturated carbocycles. The molecule has 0 saturated heterocycles. The molecule has 0 aliphatic heterocycles. The molecule has 96 valence electrons. The minimum atomic E-state index is 0.545. The average Bonchev–Trinajstić information content (AvgIpc) is 2.77. The smallest absolute Gasteiger partial charge is 0.00925 e. The molecule has 0 amide bonds. The second kappa shape index (κ2) is 6.17. The van der Waals surface area contributed by atoms with E-state index in [1.165, 1.54) is 21.6 Å². The third-order valence-electron chi connectivity index (χ3n) is 3.22. The number of aryl methyl sites for hydroxylation is 1. The summed E-state index contributed by atoms with van der Waals surface area (Å²) in [7, 11) is 0. The summed E-state index contributed by atoms with van der Waals surface area (Å²) < 4.78 is 0. The van der Waals surface area contributed by atoms with E-state index in [0.29, 0.717) is 6.04 Å². The van der Waals surface area contributed by atoms with Crippen LogP contribution < -0.4 is 5.32 Å². The third kappa shape index (κ3) is 3.21. The van der Waals surface area contributed by atoms with Gasteiger partial charge in [0.25, 0.3) is 0 Å². The van der Waals surface area contributed by atoms with Gasteiger partial charge in [-0.25, -0.2) is 0 Å². The Balaban J connectivity index is 2.08. The van der Waals surface area contributed by atoms with E-state index in [4.69, 9.17) is 0 Å². The Morgan fingerprint density at radius 3 is 2.44 bits per heavy atom. The van der Waals surface area contributed by atoms with Crippen molar-refractivity contribution < 1.29 is 0 Å². The van der Waals surface area contributed by atoms with Crippen LogP contribution in [0.5, 0.6) is 0 Å². The average molecular weight is 259 g/mol. The summed E-state index contributed by atoms with van der Waals surface area (Å²) in [5, 5.41) is 5.61. The van der Waals surface area contributed by atoms with Gasteiger partial charge in [0.15, 0.2) is 0 Å². The largest absolute Gasteiger partial charge is 0.314 e. The summed E-state index contributed by atoms with van der Waals surface area (Å²) in [6.45, 7) is 7.61. The molecule has 1 heterocycles. The third-order valence-corrected chi connectivity index (χ3v) is 4.06. The summed E-state index contributed by atoms with van der Waals surface area (Å²) in [4.78, 5) is 1.39. The van der Waals surface area contributed by atoms with E-state index < -0.39 is 0 Å². The van der Waals surface area contributed by atoms with Gasteiger partial charge in [0.1, 0.15) is 0 Å². The van der Waals surface area contributed by atoms with E-state index in [1.54, 1.807) is 0 Å². The molecule has 2 heteroatoms. The number of thiophene rings is 1. The van der Waals surface area contributed by atoms with E-state index in [1.807, 2.05) is 11.3 Å². The zero-order valence-corrected chi connectivity index (χ0v) is 12.2. The number of likely N-dealkylation sites (N-methyl/N-ethyl adjacent to an activating group) is 1. The molecule has 0 fully saturated rings. The van der Waals surface area contributed by atoms with E-state index >= 15 is 0 Å². The van der Waals surface area contributed by atoms with Crippen LogP contribution in [0.1, 0.15) is 24.3 Å². The Morgan fingerprint density at radius 1 is 1.17 bits per heavy atom. The van der Waals surface area contributed by atoms with Crippen molar-refractivity contribution in [2.24, 2.45) is 0 Å². The highest BCUT2D eigenvalue weighted by Gasteiger charge is 2.04. The molecule has 0 radical (unpaired) electrons. The van der Waals surface area contributed by atoms with Crippen LogP contribution in [0.2, 0.25) is 0 Å². The fraction of sp³-hybridized carbons (Fsp3) is 0.375. The lowest BCUT2D eigenvalue weighted by atomic mass is 10.0. The van der Waals surface area contributed by atoms with Gasteiger partial charge in [0, 0.05) is 10.9 Å². The van der Waals surface area contributed by atoms with Gasteiger partial charge in [-0.05, 0) is 54.9 Å². The molecule has 2 aromatic rings. The molecule has 0 bridgehead atoms. The predicted octanol–water partition coefficient (Wildman–Crippen LogP) is 4.26. The zero-order valence-electron chi connectivity index (χ0n) is 11.4. The van der Waals surface area contributed by atoms with E-state index in [0.717, 1.165) is 13.0 Å². The van der Waals surface area contributed by atoms with Crippen molar-refractivity contribution in [1.82, 2.24) is 5.32 Å². The fourth-order valence-corrected chi connectivity index (χ4v) is 3.00. The van der Waals surface area contributed by atoms with Crippen molar-refractivity contribution in [2.75, 3.05) is 6.54 Å². The molecular formula is C16H21NS. The first-order chi connectivity index (χ1) is 8.70. The quantitative estimate of drug-likeness (QED) is 0.846. The molecule has 1 atom stereocenters. The van der Waals surface area contributed by atoms with Crippen molar-refractivity contribution in [1.29, 1.82) is 0 Å². The number of hydrogen-bond donors (Lipinski definition) is 1. The maximum absolute atomic E-state index is 3.45. The molecule has 1 unspecified atom stereocenters. The normalized spacial score (nSPS) is 12.6. The molecule has 1 N–H and O–H groups in total. The molecule has 0 aliphatic carbocycles. The highest BCUT2D eigenvalue weighted by Crippen LogP contribution is 2.27. The van der Waals surface area contributed by atoms with Crippen LogP contribution >= 0.6 is 11.3 Å². The number of rotatable bonds is 5. The maximum Gasteiger partial charge on any atom is 0.00925 e. The van der Waals surface area contributed by atoms with Crippen LogP contribution in [0.15, 0.2) is 35.7 Å². The molecule has 1 nitrogen and oxygen atoms in total. The van der Waals surface area contributed by atoms with Crippen LogP contribution in [0.3, 0.4) is 0 Å². The Kier molecular flexibility index (Phi) is 4.56. The topological polar surface area (TPSA) is 12.0 Å².